The zero-order valence-corrected chi connectivity index (χ0v) is 24.2. The molecule has 2 amide bonds. The molecule has 208 valence electrons. The second-order valence-corrected chi connectivity index (χ2v) is 9.83. The van der Waals surface area contributed by atoms with Gasteiger partial charge in [0.05, 0.1) is 23.3 Å². The van der Waals surface area contributed by atoms with E-state index in [1.54, 1.807) is 17.0 Å². The van der Waals surface area contributed by atoms with E-state index in [1.165, 1.54) is 0 Å². The predicted octanol–water partition coefficient (Wildman–Crippen LogP) is 6.50. The van der Waals surface area contributed by atoms with Crippen molar-refractivity contribution in [2.75, 3.05) is 19.8 Å². The number of carbonyl (C=O) groups is 2. The van der Waals surface area contributed by atoms with Crippen LogP contribution in [-0.2, 0) is 29.0 Å². The third kappa shape index (κ3) is 8.91. The zero-order chi connectivity index (χ0) is 28.2. The molecule has 0 bridgehead atoms. The maximum atomic E-state index is 13.8. The van der Waals surface area contributed by atoms with Crippen LogP contribution in [0, 0.1) is 0 Å². The van der Waals surface area contributed by atoms with Crippen molar-refractivity contribution in [1.82, 2.24) is 10.2 Å². The van der Waals surface area contributed by atoms with Crippen molar-refractivity contribution in [2.24, 2.45) is 0 Å². The molecule has 3 aromatic carbocycles. The van der Waals surface area contributed by atoms with Crippen molar-refractivity contribution in [3.63, 3.8) is 0 Å². The molecule has 0 heterocycles. The van der Waals surface area contributed by atoms with Gasteiger partial charge < -0.3 is 19.7 Å². The van der Waals surface area contributed by atoms with E-state index < -0.39 is 6.04 Å². The van der Waals surface area contributed by atoms with Gasteiger partial charge in [-0.2, -0.15) is 0 Å². The van der Waals surface area contributed by atoms with Crippen molar-refractivity contribution < 1.29 is 19.1 Å². The van der Waals surface area contributed by atoms with Gasteiger partial charge in [0, 0.05) is 25.9 Å². The molecule has 6 nitrogen and oxygen atoms in total. The minimum absolute atomic E-state index is 0.139. The molecule has 1 atom stereocenters. The second-order valence-electron chi connectivity index (χ2n) is 9.02. The highest BCUT2D eigenvalue weighted by Crippen LogP contribution is 2.29. The van der Waals surface area contributed by atoms with Crippen LogP contribution in [0.2, 0.25) is 10.0 Å². The SMILES string of the molecule is CCNC(=O)[C@@H](Cc1ccccc1)N(Cc1ccc(Cl)c(Cl)c1)C(=O)CCc1ccc(OCC)c(OCC)c1. The number of rotatable bonds is 14. The maximum Gasteiger partial charge on any atom is 0.243 e. The molecule has 0 aliphatic rings. The van der Waals surface area contributed by atoms with E-state index in [0.29, 0.717) is 54.1 Å². The molecular weight excluding hydrogens is 535 g/mol. The van der Waals surface area contributed by atoms with E-state index in [4.69, 9.17) is 32.7 Å². The summed E-state index contributed by atoms with van der Waals surface area (Å²) in [4.78, 5) is 28.8. The minimum atomic E-state index is -0.700. The molecule has 0 spiro atoms. The molecule has 3 rings (SSSR count). The molecule has 0 aliphatic heterocycles. The topological polar surface area (TPSA) is 67.9 Å². The van der Waals surface area contributed by atoms with Crippen LogP contribution in [-0.4, -0.2) is 42.5 Å². The lowest BCUT2D eigenvalue weighted by Gasteiger charge is -2.31. The van der Waals surface area contributed by atoms with Gasteiger partial charge in [0.1, 0.15) is 6.04 Å². The number of hydrogen-bond acceptors (Lipinski definition) is 4. The number of amides is 2. The monoisotopic (exact) mass is 570 g/mol. The molecule has 1 N–H and O–H groups in total. The van der Waals surface area contributed by atoms with E-state index in [9.17, 15) is 9.59 Å². The van der Waals surface area contributed by atoms with Crippen LogP contribution in [0.1, 0.15) is 43.9 Å². The average molecular weight is 572 g/mol. The van der Waals surface area contributed by atoms with Crippen LogP contribution in [0.3, 0.4) is 0 Å². The Morgan fingerprint density at radius 2 is 1.51 bits per heavy atom. The summed E-state index contributed by atoms with van der Waals surface area (Å²) in [6.45, 7) is 7.43. The number of benzene rings is 3. The molecule has 0 fully saturated rings. The summed E-state index contributed by atoms with van der Waals surface area (Å²) in [7, 11) is 0. The van der Waals surface area contributed by atoms with Crippen LogP contribution >= 0.6 is 23.2 Å². The van der Waals surface area contributed by atoms with Crippen molar-refractivity contribution in [3.8, 4) is 11.5 Å². The van der Waals surface area contributed by atoms with E-state index in [2.05, 4.69) is 5.32 Å². The number of likely N-dealkylation sites (N-methyl/N-ethyl adjacent to an activating group) is 1. The number of aryl methyl sites for hydroxylation is 1. The predicted molar refractivity (Wildman–Crippen MR) is 157 cm³/mol. The largest absolute Gasteiger partial charge is 0.490 e. The van der Waals surface area contributed by atoms with E-state index in [0.717, 1.165) is 16.7 Å². The van der Waals surface area contributed by atoms with Gasteiger partial charge in [-0.15, -0.1) is 0 Å². The third-order valence-corrected chi connectivity index (χ3v) is 6.93. The number of ether oxygens (including phenoxy) is 2. The molecule has 0 aromatic heterocycles. The zero-order valence-electron chi connectivity index (χ0n) is 22.7. The van der Waals surface area contributed by atoms with Crippen LogP contribution in [0.25, 0.3) is 0 Å². The van der Waals surface area contributed by atoms with Crippen LogP contribution in [0.15, 0.2) is 66.7 Å². The van der Waals surface area contributed by atoms with Gasteiger partial charge in [-0.25, -0.2) is 0 Å². The standard InChI is InChI=1S/C31H36Cl2N2O4/c1-4-34-31(37)27(19-22-10-8-7-9-11-22)35(21-24-12-15-25(32)26(33)18-24)30(36)17-14-23-13-16-28(38-5-2)29(20-23)39-6-3/h7-13,15-16,18,20,27H,4-6,14,17,19,21H2,1-3H3,(H,34,37)/t27-/m1/s1. The molecule has 0 saturated heterocycles. The fraction of sp³-hybridized carbons (Fsp3) is 0.355. The third-order valence-electron chi connectivity index (χ3n) is 6.19. The number of nitrogens with one attached hydrogen (secondary N) is 1. The van der Waals surface area contributed by atoms with Crippen LogP contribution < -0.4 is 14.8 Å². The molecular formula is C31H36Cl2N2O4. The van der Waals surface area contributed by atoms with Crippen LogP contribution in [0.4, 0.5) is 0 Å². The van der Waals surface area contributed by atoms with Gasteiger partial charge in [-0.1, -0.05) is 65.7 Å². The number of halogens is 2. The molecule has 3 aromatic rings. The Morgan fingerprint density at radius 1 is 0.821 bits per heavy atom. The lowest BCUT2D eigenvalue weighted by molar-refractivity contribution is -0.141. The van der Waals surface area contributed by atoms with Gasteiger partial charge >= 0.3 is 0 Å². The van der Waals surface area contributed by atoms with E-state index >= 15 is 0 Å². The smallest absolute Gasteiger partial charge is 0.243 e. The Labute approximate surface area is 241 Å². The average Bonchev–Trinajstić information content (AvgIpc) is 2.93. The first-order valence-electron chi connectivity index (χ1n) is 13.3. The molecule has 0 saturated carbocycles. The van der Waals surface area contributed by atoms with Crippen molar-refractivity contribution in [3.05, 3.63) is 93.5 Å². The first kappa shape index (κ1) is 30.3. The van der Waals surface area contributed by atoms with Crippen LogP contribution in [0.5, 0.6) is 11.5 Å². The summed E-state index contributed by atoms with van der Waals surface area (Å²) < 4.78 is 11.4. The summed E-state index contributed by atoms with van der Waals surface area (Å²) in [5.74, 6) is 0.991. The van der Waals surface area contributed by atoms with Gasteiger partial charge in [-0.3, -0.25) is 9.59 Å². The molecule has 0 aliphatic carbocycles. The summed E-state index contributed by atoms with van der Waals surface area (Å²) in [5.41, 5.74) is 2.70. The first-order chi connectivity index (χ1) is 18.9. The quantitative estimate of drug-likeness (QED) is 0.240. The van der Waals surface area contributed by atoms with Crippen molar-refractivity contribution in [2.45, 2.75) is 52.6 Å². The number of nitrogens with zero attached hydrogens (tertiary/aromatic N) is 1. The lowest BCUT2D eigenvalue weighted by Crippen LogP contribution is -2.50. The summed E-state index contributed by atoms with van der Waals surface area (Å²) in [6.07, 6.45) is 1.08. The Balaban J connectivity index is 1.90. The van der Waals surface area contributed by atoms with E-state index in [-0.39, 0.29) is 24.8 Å². The highest BCUT2D eigenvalue weighted by Gasteiger charge is 2.30. The highest BCUT2D eigenvalue weighted by molar-refractivity contribution is 6.42. The molecule has 0 radical (unpaired) electrons. The fourth-order valence-corrected chi connectivity index (χ4v) is 4.65. The van der Waals surface area contributed by atoms with Gasteiger partial charge in [0.15, 0.2) is 11.5 Å². The minimum Gasteiger partial charge on any atom is -0.490 e. The van der Waals surface area contributed by atoms with Crippen molar-refractivity contribution >= 4 is 35.0 Å². The Kier molecular flexibility index (Phi) is 12.0. The Bertz CT molecular complexity index is 1240. The fourth-order valence-electron chi connectivity index (χ4n) is 4.33. The first-order valence-corrected chi connectivity index (χ1v) is 14.0. The molecule has 0 unspecified atom stereocenters. The summed E-state index contributed by atoms with van der Waals surface area (Å²) in [6, 6.07) is 20.0. The number of carbonyl (C=O) groups excluding carboxylic acids is 2. The van der Waals surface area contributed by atoms with E-state index in [1.807, 2.05) is 75.4 Å². The summed E-state index contributed by atoms with van der Waals surface area (Å²) >= 11 is 12.4. The lowest BCUT2D eigenvalue weighted by atomic mass is 10.0. The van der Waals surface area contributed by atoms with Gasteiger partial charge in [0.2, 0.25) is 11.8 Å². The Morgan fingerprint density at radius 3 is 2.18 bits per heavy atom. The van der Waals surface area contributed by atoms with Gasteiger partial charge in [0.25, 0.3) is 0 Å². The highest BCUT2D eigenvalue weighted by atomic mass is 35.5. The molecule has 8 heteroatoms. The number of hydrogen-bond donors (Lipinski definition) is 1. The van der Waals surface area contributed by atoms with Crippen molar-refractivity contribution in [1.29, 1.82) is 0 Å². The Hall–Kier alpha value is -3.22. The normalized spacial score (nSPS) is 11.5. The second kappa shape index (κ2) is 15.4. The summed E-state index contributed by atoms with van der Waals surface area (Å²) in [5, 5.41) is 3.74. The molecule has 39 heavy (non-hydrogen) atoms. The maximum absolute atomic E-state index is 13.8. The van der Waals surface area contributed by atoms with Gasteiger partial charge in [-0.05, 0) is 68.1 Å².